The fraction of sp³-hybridized carbons (Fsp3) is 0.600. The third-order valence-electron chi connectivity index (χ3n) is 3.26. The molecule has 1 aromatic heterocycles. The van der Waals surface area contributed by atoms with Crippen LogP contribution in [0.3, 0.4) is 0 Å². The van der Waals surface area contributed by atoms with E-state index >= 15 is 0 Å². The molecule has 0 amide bonds. The average molecular weight is 271 g/mol. The van der Waals surface area contributed by atoms with E-state index in [4.69, 9.17) is 11.1 Å². The lowest BCUT2D eigenvalue weighted by molar-refractivity contribution is 0.494. The summed E-state index contributed by atoms with van der Waals surface area (Å²) in [5.74, 6) is -0.125. The molecular weight excluding hydrogens is 254 g/mol. The van der Waals surface area contributed by atoms with Crippen LogP contribution in [0.2, 0.25) is 0 Å². The number of imidazole rings is 1. The minimum absolute atomic E-state index is 0.0440. The van der Waals surface area contributed by atoms with Crippen LogP contribution in [0.15, 0.2) is 17.6 Å². The number of nitrogens with two attached hydrogens (primary N) is 1. The minimum Gasteiger partial charge on any atom is -0.386 e. The van der Waals surface area contributed by atoms with Gasteiger partial charge in [-0.25, -0.2) is 13.4 Å². The molecule has 8 heteroatoms. The fourth-order valence-electron chi connectivity index (χ4n) is 2.24. The van der Waals surface area contributed by atoms with Crippen molar-refractivity contribution in [2.45, 2.75) is 36.2 Å². The highest BCUT2D eigenvalue weighted by molar-refractivity contribution is 7.89. The van der Waals surface area contributed by atoms with E-state index in [-0.39, 0.29) is 10.9 Å². The quantitative estimate of drug-likeness (QED) is 0.526. The highest BCUT2D eigenvalue weighted by Gasteiger charge is 2.41. The van der Waals surface area contributed by atoms with Gasteiger partial charge >= 0.3 is 0 Å². The number of hydrogen-bond donors (Lipinski definition) is 3. The average Bonchev–Trinajstić information content (AvgIpc) is 2.87. The third kappa shape index (κ3) is 2.25. The number of nitrogens with one attached hydrogen (secondary N) is 2. The van der Waals surface area contributed by atoms with E-state index in [9.17, 15) is 8.42 Å². The summed E-state index contributed by atoms with van der Waals surface area (Å²) >= 11 is 0. The molecule has 1 aliphatic carbocycles. The summed E-state index contributed by atoms with van der Waals surface area (Å²) < 4.78 is 28.4. The molecule has 1 fully saturated rings. The maximum absolute atomic E-state index is 12.2. The number of aromatic nitrogens is 2. The highest BCUT2D eigenvalue weighted by atomic mass is 32.2. The van der Waals surface area contributed by atoms with E-state index in [0.29, 0.717) is 12.8 Å². The van der Waals surface area contributed by atoms with E-state index in [0.717, 1.165) is 12.8 Å². The molecule has 1 aliphatic rings. The predicted octanol–water partition coefficient (Wildman–Crippen LogP) is -0.0528. The van der Waals surface area contributed by atoms with Gasteiger partial charge in [0.2, 0.25) is 0 Å². The van der Waals surface area contributed by atoms with Crippen LogP contribution in [-0.2, 0) is 17.1 Å². The van der Waals surface area contributed by atoms with Crippen molar-refractivity contribution in [1.29, 1.82) is 5.41 Å². The molecule has 1 aromatic rings. The van der Waals surface area contributed by atoms with Gasteiger partial charge in [-0.3, -0.25) is 5.41 Å². The summed E-state index contributed by atoms with van der Waals surface area (Å²) in [7, 11) is -2.03. The smallest absolute Gasteiger partial charge is 0.260 e. The lowest BCUT2D eigenvalue weighted by Gasteiger charge is -2.27. The molecule has 0 radical (unpaired) electrons. The van der Waals surface area contributed by atoms with Gasteiger partial charge in [-0.2, -0.15) is 4.72 Å². The molecule has 1 heterocycles. The number of amidine groups is 1. The van der Waals surface area contributed by atoms with Gasteiger partial charge in [0.25, 0.3) is 10.0 Å². The zero-order valence-electron chi connectivity index (χ0n) is 10.2. The van der Waals surface area contributed by atoms with Crippen molar-refractivity contribution >= 4 is 15.9 Å². The SMILES string of the molecule is Cn1cnc(S(=O)(=O)NC2(C(=N)N)CCCC2)c1. The number of rotatable bonds is 4. The van der Waals surface area contributed by atoms with Crippen LogP contribution in [0.4, 0.5) is 0 Å². The maximum Gasteiger partial charge on any atom is 0.260 e. The molecule has 4 N–H and O–H groups in total. The normalized spacial score (nSPS) is 18.9. The summed E-state index contributed by atoms with van der Waals surface area (Å²) in [4.78, 5) is 3.82. The Kier molecular flexibility index (Phi) is 3.16. The Morgan fingerprint density at radius 3 is 2.61 bits per heavy atom. The zero-order valence-corrected chi connectivity index (χ0v) is 11.0. The van der Waals surface area contributed by atoms with Crippen molar-refractivity contribution < 1.29 is 8.42 Å². The lowest BCUT2D eigenvalue weighted by Crippen LogP contribution is -2.55. The zero-order chi connectivity index (χ0) is 13.4. The second-order valence-electron chi connectivity index (χ2n) is 4.69. The Morgan fingerprint density at radius 2 is 2.17 bits per heavy atom. The van der Waals surface area contributed by atoms with Gasteiger partial charge in [-0.05, 0) is 12.8 Å². The first-order chi connectivity index (χ1) is 8.36. The summed E-state index contributed by atoms with van der Waals surface area (Å²) in [5, 5.41) is 7.57. The number of hydrogen-bond acceptors (Lipinski definition) is 4. The summed E-state index contributed by atoms with van der Waals surface area (Å²) in [6, 6.07) is 0. The molecule has 0 aromatic carbocycles. The summed E-state index contributed by atoms with van der Waals surface area (Å²) in [6.45, 7) is 0. The topological polar surface area (TPSA) is 114 Å². The molecule has 0 aliphatic heterocycles. The second kappa shape index (κ2) is 4.36. The molecule has 18 heavy (non-hydrogen) atoms. The maximum atomic E-state index is 12.2. The van der Waals surface area contributed by atoms with Gasteiger partial charge in [0.1, 0.15) is 5.84 Å². The minimum atomic E-state index is -3.73. The first kappa shape index (κ1) is 13.0. The van der Waals surface area contributed by atoms with Crippen molar-refractivity contribution in [3.8, 4) is 0 Å². The van der Waals surface area contributed by atoms with Gasteiger partial charge in [0.05, 0.1) is 11.9 Å². The van der Waals surface area contributed by atoms with Crippen LogP contribution in [0.25, 0.3) is 0 Å². The predicted molar refractivity (Wildman–Crippen MR) is 66.6 cm³/mol. The van der Waals surface area contributed by atoms with Crippen molar-refractivity contribution in [2.24, 2.45) is 12.8 Å². The van der Waals surface area contributed by atoms with Crippen LogP contribution in [0.1, 0.15) is 25.7 Å². The molecule has 0 saturated heterocycles. The van der Waals surface area contributed by atoms with E-state index in [1.165, 1.54) is 12.5 Å². The Bertz CT molecular complexity index is 557. The molecule has 2 rings (SSSR count). The van der Waals surface area contributed by atoms with Crippen molar-refractivity contribution in [3.05, 3.63) is 12.5 Å². The molecule has 0 spiro atoms. The molecule has 0 bridgehead atoms. The molecule has 7 nitrogen and oxygen atoms in total. The summed E-state index contributed by atoms with van der Waals surface area (Å²) in [6.07, 6.45) is 5.70. The molecule has 100 valence electrons. The molecular formula is C10H17N5O2S. The van der Waals surface area contributed by atoms with E-state index in [2.05, 4.69) is 9.71 Å². The first-order valence-electron chi connectivity index (χ1n) is 5.72. The Labute approximate surface area is 106 Å². The molecule has 0 atom stereocenters. The van der Waals surface area contributed by atoms with Crippen LogP contribution >= 0.6 is 0 Å². The van der Waals surface area contributed by atoms with E-state index < -0.39 is 15.6 Å². The Balaban J connectivity index is 2.29. The van der Waals surface area contributed by atoms with Crippen molar-refractivity contribution in [3.63, 3.8) is 0 Å². The van der Waals surface area contributed by atoms with Gasteiger partial charge in [0, 0.05) is 13.2 Å². The fourth-order valence-corrected chi connectivity index (χ4v) is 3.67. The van der Waals surface area contributed by atoms with Crippen LogP contribution in [-0.4, -0.2) is 29.3 Å². The standard InChI is InChI=1S/C10H17N5O2S/c1-15-6-8(13-7-15)18(16,17)14-10(9(11)12)4-2-3-5-10/h6-7,14H,2-5H2,1H3,(H3,11,12). The van der Waals surface area contributed by atoms with Crippen molar-refractivity contribution in [2.75, 3.05) is 0 Å². The second-order valence-corrected chi connectivity index (χ2v) is 6.32. The van der Waals surface area contributed by atoms with Crippen molar-refractivity contribution in [1.82, 2.24) is 14.3 Å². The van der Waals surface area contributed by atoms with Gasteiger partial charge in [-0.15, -0.1) is 0 Å². The Hall–Kier alpha value is -1.41. The van der Waals surface area contributed by atoms with Gasteiger partial charge in [-0.1, -0.05) is 12.8 Å². The van der Waals surface area contributed by atoms with E-state index in [1.807, 2.05) is 0 Å². The lowest BCUT2D eigenvalue weighted by atomic mass is 9.98. The van der Waals surface area contributed by atoms with Crippen LogP contribution < -0.4 is 10.5 Å². The third-order valence-corrected chi connectivity index (χ3v) is 4.68. The van der Waals surface area contributed by atoms with Crippen LogP contribution in [0, 0.1) is 5.41 Å². The Morgan fingerprint density at radius 1 is 1.56 bits per heavy atom. The van der Waals surface area contributed by atoms with E-state index in [1.54, 1.807) is 11.6 Å². The number of aryl methyl sites for hydroxylation is 1. The largest absolute Gasteiger partial charge is 0.386 e. The number of nitrogens with zero attached hydrogens (tertiary/aromatic N) is 2. The molecule has 1 saturated carbocycles. The first-order valence-corrected chi connectivity index (χ1v) is 7.20. The molecule has 0 unspecified atom stereocenters. The summed E-state index contributed by atoms with van der Waals surface area (Å²) in [5.41, 5.74) is 4.62. The van der Waals surface area contributed by atoms with Gasteiger partial charge in [0.15, 0.2) is 5.03 Å². The highest BCUT2D eigenvalue weighted by Crippen LogP contribution is 2.30. The van der Waals surface area contributed by atoms with Gasteiger partial charge < -0.3 is 10.3 Å². The van der Waals surface area contributed by atoms with Crippen LogP contribution in [0.5, 0.6) is 0 Å². The number of sulfonamides is 1. The monoisotopic (exact) mass is 271 g/mol.